The van der Waals surface area contributed by atoms with E-state index in [1.54, 1.807) is 6.20 Å². The van der Waals surface area contributed by atoms with E-state index in [0.29, 0.717) is 11.9 Å². The quantitative estimate of drug-likeness (QED) is 0.754. The Morgan fingerprint density at radius 2 is 2.24 bits per heavy atom. The number of rotatable bonds is 5. The maximum Gasteiger partial charge on any atom is 0.125 e. The van der Waals surface area contributed by atoms with Gasteiger partial charge in [-0.15, -0.1) is 11.6 Å². The first kappa shape index (κ1) is 12.4. The molecule has 0 bridgehead atoms. The van der Waals surface area contributed by atoms with Crippen molar-refractivity contribution in [3.63, 3.8) is 0 Å². The van der Waals surface area contributed by atoms with Crippen LogP contribution in [0.1, 0.15) is 45.0 Å². The van der Waals surface area contributed by atoms with Gasteiger partial charge in [-0.1, -0.05) is 20.3 Å². The first-order valence-electron chi connectivity index (χ1n) is 6.18. The lowest BCUT2D eigenvalue weighted by Gasteiger charge is -2.19. The molecule has 92 valence electrons. The minimum absolute atomic E-state index is 0.453. The number of aromatic nitrogens is 3. The largest absolute Gasteiger partial charge is 0.324 e. The van der Waals surface area contributed by atoms with Crippen LogP contribution in [0.25, 0.3) is 11.0 Å². The number of imidazole rings is 1. The van der Waals surface area contributed by atoms with Crippen molar-refractivity contribution >= 4 is 22.6 Å². The van der Waals surface area contributed by atoms with Crippen molar-refractivity contribution in [2.75, 3.05) is 0 Å². The van der Waals surface area contributed by atoms with Crippen LogP contribution in [0.3, 0.4) is 0 Å². The topological polar surface area (TPSA) is 30.7 Å². The van der Waals surface area contributed by atoms with Crippen LogP contribution in [0, 0.1) is 0 Å². The first-order valence-corrected chi connectivity index (χ1v) is 6.72. The van der Waals surface area contributed by atoms with Crippen LogP contribution in [-0.4, -0.2) is 14.5 Å². The van der Waals surface area contributed by atoms with Gasteiger partial charge in [0, 0.05) is 12.2 Å². The summed E-state index contributed by atoms with van der Waals surface area (Å²) in [7, 11) is 0. The van der Waals surface area contributed by atoms with Crippen LogP contribution in [0.2, 0.25) is 0 Å². The summed E-state index contributed by atoms with van der Waals surface area (Å²) in [5.74, 6) is 1.41. The van der Waals surface area contributed by atoms with E-state index in [1.807, 2.05) is 12.3 Å². The number of fused-ring (bicyclic) bond motifs is 1. The number of alkyl halides is 1. The summed E-state index contributed by atoms with van der Waals surface area (Å²) in [4.78, 5) is 8.66. The molecular weight excluding hydrogens is 234 g/mol. The highest BCUT2D eigenvalue weighted by Gasteiger charge is 2.16. The Hall–Kier alpha value is -1.09. The van der Waals surface area contributed by atoms with Gasteiger partial charge < -0.3 is 4.57 Å². The zero-order valence-corrected chi connectivity index (χ0v) is 11.1. The molecule has 0 aromatic carbocycles. The molecule has 0 amide bonds. The van der Waals surface area contributed by atoms with E-state index in [4.69, 9.17) is 11.6 Å². The van der Waals surface area contributed by atoms with Gasteiger partial charge in [0.1, 0.15) is 11.3 Å². The Morgan fingerprint density at radius 3 is 2.88 bits per heavy atom. The number of hydrogen-bond donors (Lipinski definition) is 0. The number of nitrogens with zero attached hydrogens (tertiary/aromatic N) is 3. The fraction of sp³-hybridized carbons (Fsp3) is 0.538. The van der Waals surface area contributed by atoms with Crippen LogP contribution in [0.15, 0.2) is 18.5 Å². The second-order valence-electron chi connectivity index (χ2n) is 4.25. The predicted molar refractivity (Wildman–Crippen MR) is 71.3 cm³/mol. The Bertz CT molecular complexity index is 492. The van der Waals surface area contributed by atoms with Gasteiger partial charge in [-0.3, -0.25) is 4.98 Å². The summed E-state index contributed by atoms with van der Waals surface area (Å²) >= 11 is 6.00. The maximum atomic E-state index is 6.00. The molecule has 0 N–H and O–H groups in total. The fourth-order valence-electron chi connectivity index (χ4n) is 2.35. The standard InChI is InChI=1S/C13H18ClN3/c1-3-5-10(4-2)17-12-6-7-15-9-11(12)16-13(17)8-14/h6-7,9-10H,3-5,8H2,1-2H3. The number of halogens is 1. The molecule has 2 heterocycles. The van der Waals surface area contributed by atoms with Crippen molar-refractivity contribution in [1.82, 2.24) is 14.5 Å². The van der Waals surface area contributed by atoms with Crippen molar-refractivity contribution in [3.8, 4) is 0 Å². The SMILES string of the molecule is CCCC(CC)n1c(CCl)nc2cnccc21. The van der Waals surface area contributed by atoms with Crippen LogP contribution in [0.4, 0.5) is 0 Å². The molecule has 2 aromatic heterocycles. The van der Waals surface area contributed by atoms with E-state index < -0.39 is 0 Å². The lowest BCUT2D eigenvalue weighted by molar-refractivity contribution is 0.448. The number of pyridine rings is 1. The summed E-state index contributed by atoms with van der Waals surface area (Å²) in [6, 6.07) is 2.51. The van der Waals surface area contributed by atoms with Crippen LogP contribution in [0.5, 0.6) is 0 Å². The predicted octanol–water partition coefficient (Wildman–Crippen LogP) is 3.92. The first-order chi connectivity index (χ1) is 8.31. The van der Waals surface area contributed by atoms with E-state index in [9.17, 15) is 0 Å². The molecule has 0 saturated heterocycles. The molecule has 0 fully saturated rings. The molecule has 1 atom stereocenters. The Kier molecular flexibility index (Phi) is 4.00. The minimum Gasteiger partial charge on any atom is -0.324 e. The third kappa shape index (κ3) is 2.29. The van der Waals surface area contributed by atoms with Gasteiger partial charge in [0.2, 0.25) is 0 Å². The lowest BCUT2D eigenvalue weighted by atomic mass is 10.1. The van der Waals surface area contributed by atoms with Crippen LogP contribution >= 0.6 is 11.6 Å². The van der Waals surface area contributed by atoms with E-state index >= 15 is 0 Å². The smallest absolute Gasteiger partial charge is 0.125 e. The average Bonchev–Trinajstić information content (AvgIpc) is 2.74. The Morgan fingerprint density at radius 1 is 1.41 bits per heavy atom. The summed E-state index contributed by atoms with van der Waals surface area (Å²) < 4.78 is 2.29. The molecule has 0 radical (unpaired) electrons. The lowest BCUT2D eigenvalue weighted by Crippen LogP contribution is -2.10. The minimum atomic E-state index is 0.453. The zero-order valence-electron chi connectivity index (χ0n) is 10.4. The second kappa shape index (κ2) is 5.50. The maximum absolute atomic E-state index is 6.00. The summed E-state index contributed by atoms with van der Waals surface area (Å²) in [5, 5.41) is 0. The van der Waals surface area contributed by atoms with E-state index in [2.05, 4.69) is 28.4 Å². The Labute approximate surface area is 107 Å². The van der Waals surface area contributed by atoms with Gasteiger partial charge >= 0.3 is 0 Å². The van der Waals surface area contributed by atoms with Crippen molar-refractivity contribution < 1.29 is 0 Å². The zero-order chi connectivity index (χ0) is 12.3. The van der Waals surface area contributed by atoms with Gasteiger partial charge in [0.15, 0.2) is 0 Å². The molecule has 17 heavy (non-hydrogen) atoms. The monoisotopic (exact) mass is 251 g/mol. The second-order valence-corrected chi connectivity index (χ2v) is 4.51. The average molecular weight is 252 g/mol. The fourth-order valence-corrected chi connectivity index (χ4v) is 2.54. The number of hydrogen-bond acceptors (Lipinski definition) is 2. The van der Waals surface area contributed by atoms with Crippen molar-refractivity contribution in [1.29, 1.82) is 0 Å². The van der Waals surface area contributed by atoms with Crippen LogP contribution in [-0.2, 0) is 5.88 Å². The summed E-state index contributed by atoms with van der Waals surface area (Å²) in [6.45, 7) is 4.43. The van der Waals surface area contributed by atoms with Gasteiger partial charge in [-0.2, -0.15) is 0 Å². The molecule has 0 aliphatic rings. The van der Waals surface area contributed by atoms with Crippen molar-refractivity contribution in [2.45, 2.75) is 45.0 Å². The van der Waals surface area contributed by atoms with E-state index in [-0.39, 0.29) is 0 Å². The van der Waals surface area contributed by atoms with Crippen molar-refractivity contribution in [3.05, 3.63) is 24.3 Å². The molecule has 4 heteroatoms. The molecule has 0 saturated carbocycles. The Balaban J connectivity index is 2.55. The summed E-state index contributed by atoms with van der Waals surface area (Å²) in [5.41, 5.74) is 2.09. The van der Waals surface area contributed by atoms with Crippen LogP contribution < -0.4 is 0 Å². The van der Waals surface area contributed by atoms with E-state index in [0.717, 1.165) is 29.7 Å². The molecule has 0 aliphatic carbocycles. The normalized spacial score (nSPS) is 13.1. The summed E-state index contributed by atoms with van der Waals surface area (Å²) in [6.07, 6.45) is 7.06. The highest BCUT2D eigenvalue weighted by Crippen LogP contribution is 2.26. The molecule has 2 rings (SSSR count). The third-order valence-corrected chi connectivity index (χ3v) is 3.38. The van der Waals surface area contributed by atoms with Gasteiger partial charge in [-0.05, 0) is 18.9 Å². The third-order valence-electron chi connectivity index (χ3n) is 3.14. The highest BCUT2D eigenvalue weighted by atomic mass is 35.5. The molecule has 0 spiro atoms. The van der Waals surface area contributed by atoms with Crippen molar-refractivity contribution in [2.24, 2.45) is 0 Å². The highest BCUT2D eigenvalue weighted by molar-refractivity contribution is 6.16. The molecule has 0 aliphatic heterocycles. The van der Waals surface area contributed by atoms with E-state index in [1.165, 1.54) is 6.42 Å². The molecular formula is C13H18ClN3. The van der Waals surface area contributed by atoms with Gasteiger partial charge in [-0.25, -0.2) is 4.98 Å². The molecule has 1 unspecified atom stereocenters. The molecule has 2 aromatic rings. The van der Waals surface area contributed by atoms with Gasteiger partial charge in [0.05, 0.1) is 17.6 Å². The van der Waals surface area contributed by atoms with Gasteiger partial charge in [0.25, 0.3) is 0 Å². The molecule has 3 nitrogen and oxygen atoms in total.